The van der Waals surface area contributed by atoms with Crippen LogP contribution < -0.4 is 10.6 Å². The molecule has 1 aliphatic carbocycles. The lowest BCUT2D eigenvalue weighted by atomic mass is 9.99. The molecular formula is C20H34N2O5S2. The predicted octanol–water partition coefficient (Wildman–Crippen LogP) is 1.62. The molecule has 4 unspecified atom stereocenters. The summed E-state index contributed by atoms with van der Waals surface area (Å²) in [6.45, 7) is 5.14. The van der Waals surface area contributed by atoms with Crippen LogP contribution in [0.3, 0.4) is 0 Å². The summed E-state index contributed by atoms with van der Waals surface area (Å²) in [5.74, 6) is 1.23. The van der Waals surface area contributed by atoms with E-state index in [9.17, 15) is 19.2 Å². The zero-order valence-corrected chi connectivity index (χ0v) is 19.5. The highest BCUT2D eigenvalue weighted by Crippen LogP contribution is 2.40. The molecule has 0 aromatic rings. The van der Waals surface area contributed by atoms with E-state index in [1.807, 2.05) is 11.8 Å². The van der Waals surface area contributed by atoms with Gasteiger partial charge >= 0.3 is 0 Å². The van der Waals surface area contributed by atoms with Gasteiger partial charge in [0, 0.05) is 34.8 Å². The van der Waals surface area contributed by atoms with Crippen LogP contribution >= 0.6 is 23.5 Å². The molecule has 0 bridgehead atoms. The first-order valence-corrected chi connectivity index (χ1v) is 12.1. The van der Waals surface area contributed by atoms with Crippen LogP contribution in [0.2, 0.25) is 0 Å². The number of ketones is 3. The van der Waals surface area contributed by atoms with Crippen molar-refractivity contribution >= 4 is 46.8 Å². The van der Waals surface area contributed by atoms with Crippen molar-refractivity contribution in [1.82, 2.24) is 10.6 Å². The van der Waals surface area contributed by atoms with Gasteiger partial charge in [0.1, 0.15) is 11.6 Å². The SMILES string of the molecule is CNC(CSC1CCC1SCC(NC(=O)CCOCCC(C)=O)C(C)=O)C(C)=O. The third-order valence-corrected chi connectivity index (χ3v) is 8.05. The molecule has 9 heteroatoms. The van der Waals surface area contributed by atoms with Gasteiger partial charge in [0.25, 0.3) is 0 Å². The lowest BCUT2D eigenvalue weighted by molar-refractivity contribution is -0.127. The maximum atomic E-state index is 12.1. The van der Waals surface area contributed by atoms with Crippen molar-refractivity contribution in [1.29, 1.82) is 0 Å². The minimum Gasteiger partial charge on any atom is -0.380 e. The summed E-state index contributed by atoms with van der Waals surface area (Å²) >= 11 is 3.53. The minimum atomic E-state index is -0.502. The van der Waals surface area contributed by atoms with Crippen molar-refractivity contribution in [2.75, 3.05) is 31.8 Å². The van der Waals surface area contributed by atoms with E-state index >= 15 is 0 Å². The van der Waals surface area contributed by atoms with E-state index in [1.54, 1.807) is 25.7 Å². The van der Waals surface area contributed by atoms with Gasteiger partial charge in [-0.1, -0.05) is 0 Å². The van der Waals surface area contributed by atoms with Crippen LogP contribution in [0.4, 0.5) is 0 Å². The third kappa shape index (κ3) is 10.6. The fraction of sp³-hybridized carbons (Fsp3) is 0.800. The first-order chi connectivity index (χ1) is 13.7. The van der Waals surface area contributed by atoms with Crippen LogP contribution in [0, 0.1) is 0 Å². The first-order valence-electron chi connectivity index (χ1n) is 10.0. The largest absolute Gasteiger partial charge is 0.380 e. The molecule has 0 aromatic carbocycles. The second-order valence-electron chi connectivity index (χ2n) is 7.32. The van der Waals surface area contributed by atoms with Crippen LogP contribution in [-0.4, -0.2) is 77.6 Å². The van der Waals surface area contributed by atoms with Gasteiger partial charge in [0.15, 0.2) is 5.78 Å². The van der Waals surface area contributed by atoms with E-state index in [-0.39, 0.29) is 42.3 Å². The predicted molar refractivity (Wildman–Crippen MR) is 119 cm³/mol. The maximum Gasteiger partial charge on any atom is 0.222 e. The van der Waals surface area contributed by atoms with E-state index < -0.39 is 6.04 Å². The number of carbonyl (C=O) groups excluding carboxylic acids is 4. The molecule has 7 nitrogen and oxygen atoms in total. The van der Waals surface area contributed by atoms with Crippen molar-refractivity contribution in [3.63, 3.8) is 0 Å². The van der Waals surface area contributed by atoms with Crippen LogP contribution in [0.1, 0.15) is 46.5 Å². The van der Waals surface area contributed by atoms with E-state index in [0.29, 0.717) is 29.3 Å². The second-order valence-corrected chi connectivity index (χ2v) is 9.86. The molecule has 0 spiro atoms. The van der Waals surface area contributed by atoms with Crippen molar-refractivity contribution < 1.29 is 23.9 Å². The van der Waals surface area contributed by atoms with Gasteiger partial charge in [0.05, 0.1) is 25.3 Å². The van der Waals surface area contributed by atoms with E-state index in [0.717, 1.165) is 18.6 Å². The Morgan fingerprint density at radius 3 is 1.86 bits per heavy atom. The Bertz CT molecular complexity index is 573. The number of rotatable bonds is 16. The Kier molecular flexibility index (Phi) is 12.8. The van der Waals surface area contributed by atoms with Crippen LogP contribution in [0.5, 0.6) is 0 Å². The molecule has 0 aromatic heterocycles. The van der Waals surface area contributed by atoms with Crippen LogP contribution in [-0.2, 0) is 23.9 Å². The Morgan fingerprint density at radius 2 is 1.41 bits per heavy atom. The molecule has 1 fully saturated rings. The molecule has 0 radical (unpaired) electrons. The Balaban J connectivity index is 2.31. The van der Waals surface area contributed by atoms with Crippen molar-refractivity contribution in [3.8, 4) is 0 Å². The molecule has 1 saturated carbocycles. The second kappa shape index (κ2) is 14.2. The zero-order valence-electron chi connectivity index (χ0n) is 17.8. The molecule has 0 aliphatic heterocycles. The monoisotopic (exact) mass is 446 g/mol. The van der Waals surface area contributed by atoms with Gasteiger partial charge in [-0.2, -0.15) is 23.5 Å². The lowest BCUT2D eigenvalue weighted by Gasteiger charge is -2.37. The smallest absolute Gasteiger partial charge is 0.222 e. The van der Waals surface area contributed by atoms with Crippen molar-refractivity contribution in [2.24, 2.45) is 0 Å². The number of nitrogens with one attached hydrogen (secondary N) is 2. The number of hydrogen-bond donors (Lipinski definition) is 2. The number of hydrogen-bond acceptors (Lipinski definition) is 8. The number of carbonyl (C=O) groups is 4. The number of amides is 1. The average molecular weight is 447 g/mol. The molecule has 29 heavy (non-hydrogen) atoms. The summed E-state index contributed by atoms with van der Waals surface area (Å²) < 4.78 is 5.26. The molecule has 4 atom stereocenters. The standard InChI is InChI=1S/C20H34N2O5S2/c1-13(23)7-9-27-10-8-20(26)22-17(15(3)25)12-29-19-6-5-18(19)28-11-16(21-4)14(2)24/h16-19,21H,5-12H2,1-4H3,(H,22,26). The van der Waals surface area contributed by atoms with Gasteiger partial charge in [-0.05, 0) is 40.7 Å². The van der Waals surface area contributed by atoms with Gasteiger partial charge in [0.2, 0.25) is 5.91 Å². The van der Waals surface area contributed by atoms with E-state index in [1.165, 1.54) is 13.8 Å². The van der Waals surface area contributed by atoms with Gasteiger partial charge in [-0.25, -0.2) is 0 Å². The highest BCUT2D eigenvalue weighted by atomic mass is 32.2. The van der Waals surface area contributed by atoms with Crippen LogP contribution in [0.15, 0.2) is 0 Å². The molecule has 0 saturated heterocycles. The number of Topliss-reactive ketones (excluding diaryl/α,β-unsaturated/α-hetero) is 3. The van der Waals surface area contributed by atoms with Crippen molar-refractivity contribution in [2.45, 2.75) is 69.0 Å². The quantitative estimate of drug-likeness (QED) is 0.345. The van der Waals surface area contributed by atoms with Crippen LogP contribution in [0.25, 0.3) is 0 Å². The fourth-order valence-corrected chi connectivity index (χ4v) is 6.05. The molecule has 2 N–H and O–H groups in total. The summed E-state index contributed by atoms with van der Waals surface area (Å²) in [5, 5.41) is 6.75. The normalized spacial score (nSPS) is 20.4. The topological polar surface area (TPSA) is 102 Å². The molecule has 0 heterocycles. The molecule has 1 rings (SSSR count). The summed E-state index contributed by atoms with van der Waals surface area (Å²) in [7, 11) is 1.80. The molecule has 166 valence electrons. The number of ether oxygens (including phenoxy) is 1. The summed E-state index contributed by atoms with van der Waals surface area (Å²) in [6.07, 6.45) is 2.72. The van der Waals surface area contributed by atoms with Gasteiger partial charge < -0.3 is 15.4 Å². The Labute approximate surface area is 182 Å². The van der Waals surface area contributed by atoms with Crippen molar-refractivity contribution in [3.05, 3.63) is 0 Å². The molecule has 1 amide bonds. The Morgan fingerprint density at radius 1 is 0.897 bits per heavy atom. The summed E-state index contributed by atoms with van der Waals surface area (Å²) in [6, 6.07) is -0.619. The van der Waals surface area contributed by atoms with Gasteiger partial charge in [-0.15, -0.1) is 0 Å². The zero-order chi connectivity index (χ0) is 21.8. The number of likely N-dealkylation sites (N-methyl/N-ethyl adjacent to an activating group) is 1. The maximum absolute atomic E-state index is 12.1. The van der Waals surface area contributed by atoms with E-state index in [4.69, 9.17) is 4.74 Å². The molecule has 1 aliphatic rings. The minimum absolute atomic E-state index is 0.0540. The lowest BCUT2D eigenvalue weighted by Crippen LogP contribution is -2.43. The summed E-state index contributed by atoms with van der Waals surface area (Å²) in [4.78, 5) is 46.3. The first kappa shape index (κ1) is 26.1. The fourth-order valence-electron chi connectivity index (χ4n) is 2.67. The highest BCUT2D eigenvalue weighted by molar-refractivity contribution is 8.04. The van der Waals surface area contributed by atoms with E-state index in [2.05, 4.69) is 10.6 Å². The third-order valence-electron chi connectivity index (χ3n) is 4.84. The average Bonchev–Trinajstić information content (AvgIpc) is 2.62. The van der Waals surface area contributed by atoms with Gasteiger partial charge in [-0.3, -0.25) is 19.2 Å². The number of thioether (sulfide) groups is 2. The highest BCUT2D eigenvalue weighted by Gasteiger charge is 2.33. The Hall–Kier alpha value is -0.900. The summed E-state index contributed by atoms with van der Waals surface area (Å²) in [5.41, 5.74) is 0. The molecular weight excluding hydrogens is 412 g/mol.